The Kier molecular flexibility index (Phi) is 3.69. The summed E-state index contributed by atoms with van der Waals surface area (Å²) in [6.45, 7) is 5.29. The van der Waals surface area contributed by atoms with Gasteiger partial charge in [0.25, 0.3) is 6.02 Å². The van der Waals surface area contributed by atoms with Crippen LogP contribution in [0.1, 0.15) is 13.8 Å². The number of halogens is 1. The summed E-state index contributed by atoms with van der Waals surface area (Å²) in [7, 11) is 0. The molecule has 0 saturated heterocycles. The van der Waals surface area contributed by atoms with Crippen LogP contribution >= 0.6 is 0 Å². The molecule has 0 saturated carbocycles. The second kappa shape index (κ2) is 5.25. The van der Waals surface area contributed by atoms with Crippen LogP contribution in [0.15, 0.2) is 29.3 Å². The lowest BCUT2D eigenvalue weighted by molar-refractivity contribution is 0.312. The molecule has 0 amide bonds. The van der Waals surface area contributed by atoms with Gasteiger partial charge in [0.2, 0.25) is 0 Å². The van der Waals surface area contributed by atoms with E-state index in [0.29, 0.717) is 13.2 Å². The molecule has 1 atom stereocenters. The molecule has 1 heterocycles. The highest BCUT2D eigenvalue weighted by Gasteiger charge is 2.22. The van der Waals surface area contributed by atoms with Gasteiger partial charge in [0.15, 0.2) is 0 Å². The minimum absolute atomic E-state index is 0.00988. The van der Waals surface area contributed by atoms with Gasteiger partial charge in [-0.15, -0.1) is 0 Å². The molecule has 1 aliphatic rings. The maximum absolute atomic E-state index is 13.3. The quantitative estimate of drug-likeness (QED) is 0.887. The van der Waals surface area contributed by atoms with Crippen LogP contribution in [0.4, 0.5) is 10.1 Å². The maximum atomic E-state index is 13.3. The van der Waals surface area contributed by atoms with Crippen molar-refractivity contribution in [2.45, 2.75) is 25.9 Å². The third-order valence-electron chi connectivity index (χ3n) is 2.90. The summed E-state index contributed by atoms with van der Waals surface area (Å²) in [5, 5.41) is 0. The van der Waals surface area contributed by atoms with E-state index in [0.717, 1.165) is 5.69 Å². The molecule has 1 aromatic rings. The molecule has 2 N–H and O–H groups in total. The van der Waals surface area contributed by atoms with Crippen molar-refractivity contribution in [3.8, 4) is 0 Å². The van der Waals surface area contributed by atoms with E-state index in [1.54, 1.807) is 6.07 Å². The number of hydrogen-bond acceptors (Lipinski definition) is 4. The van der Waals surface area contributed by atoms with E-state index in [4.69, 9.17) is 10.5 Å². The van der Waals surface area contributed by atoms with Crippen LogP contribution < -0.4 is 10.6 Å². The monoisotopic (exact) mass is 251 g/mol. The van der Waals surface area contributed by atoms with Gasteiger partial charge in [-0.2, -0.15) is 0 Å². The Bertz CT molecular complexity index is 448. The van der Waals surface area contributed by atoms with E-state index in [-0.39, 0.29) is 23.9 Å². The first kappa shape index (κ1) is 12.7. The number of hydrogen-bond donors (Lipinski definition) is 1. The van der Waals surface area contributed by atoms with Gasteiger partial charge in [-0.3, -0.25) is 0 Å². The van der Waals surface area contributed by atoms with E-state index < -0.39 is 0 Å². The van der Waals surface area contributed by atoms with Gasteiger partial charge in [0.05, 0.1) is 0 Å². The standard InChI is InChI=1S/C13H18FN3O/c1-9(2)17(7-11-8-18-13(15)16-11)12-5-3-4-10(14)6-12/h3-6,9,11H,7-8H2,1-2H3,(H2,15,16)/t11-/m0/s1. The van der Waals surface area contributed by atoms with Gasteiger partial charge in [-0.05, 0) is 32.0 Å². The van der Waals surface area contributed by atoms with E-state index in [1.165, 1.54) is 12.1 Å². The van der Waals surface area contributed by atoms with Crippen LogP contribution in [0.2, 0.25) is 0 Å². The summed E-state index contributed by atoms with van der Waals surface area (Å²) < 4.78 is 18.4. The molecule has 4 nitrogen and oxygen atoms in total. The van der Waals surface area contributed by atoms with Crippen LogP contribution in [-0.4, -0.2) is 31.3 Å². The molecule has 2 rings (SSSR count). The van der Waals surface area contributed by atoms with Crippen LogP contribution in [-0.2, 0) is 4.74 Å². The van der Waals surface area contributed by atoms with Gasteiger partial charge < -0.3 is 15.4 Å². The normalized spacial score (nSPS) is 18.7. The van der Waals surface area contributed by atoms with Crippen LogP contribution in [0.5, 0.6) is 0 Å². The van der Waals surface area contributed by atoms with Gasteiger partial charge in [0.1, 0.15) is 18.5 Å². The fourth-order valence-corrected chi connectivity index (χ4v) is 2.03. The molecule has 5 heteroatoms. The van der Waals surface area contributed by atoms with Crippen molar-refractivity contribution in [3.05, 3.63) is 30.1 Å². The summed E-state index contributed by atoms with van der Waals surface area (Å²) >= 11 is 0. The summed E-state index contributed by atoms with van der Waals surface area (Å²) in [5.41, 5.74) is 6.34. The zero-order valence-corrected chi connectivity index (χ0v) is 10.6. The second-order valence-corrected chi connectivity index (χ2v) is 4.66. The van der Waals surface area contributed by atoms with Crippen LogP contribution in [0, 0.1) is 5.82 Å². The van der Waals surface area contributed by atoms with E-state index in [1.807, 2.05) is 6.07 Å². The first-order valence-electron chi connectivity index (χ1n) is 6.04. The number of rotatable bonds is 4. The molecular weight excluding hydrogens is 233 g/mol. The van der Waals surface area contributed by atoms with Crippen molar-refractivity contribution >= 4 is 11.7 Å². The zero-order chi connectivity index (χ0) is 13.1. The molecule has 18 heavy (non-hydrogen) atoms. The van der Waals surface area contributed by atoms with Crippen LogP contribution in [0.3, 0.4) is 0 Å². The number of anilines is 1. The Balaban J connectivity index is 2.14. The number of ether oxygens (including phenoxy) is 1. The lowest BCUT2D eigenvalue weighted by Crippen LogP contribution is -2.37. The average Bonchev–Trinajstić information content (AvgIpc) is 2.71. The van der Waals surface area contributed by atoms with Crippen molar-refractivity contribution in [2.75, 3.05) is 18.1 Å². The number of benzene rings is 1. The molecule has 0 bridgehead atoms. The van der Waals surface area contributed by atoms with Crippen LogP contribution in [0.25, 0.3) is 0 Å². The van der Waals surface area contributed by atoms with Gasteiger partial charge in [-0.25, -0.2) is 9.38 Å². The zero-order valence-electron chi connectivity index (χ0n) is 10.6. The topological polar surface area (TPSA) is 50.9 Å². The van der Waals surface area contributed by atoms with E-state index >= 15 is 0 Å². The lowest BCUT2D eigenvalue weighted by atomic mass is 10.2. The molecule has 0 unspecified atom stereocenters. The fraction of sp³-hybridized carbons (Fsp3) is 0.462. The fourth-order valence-electron chi connectivity index (χ4n) is 2.03. The summed E-state index contributed by atoms with van der Waals surface area (Å²) in [6, 6.07) is 7.08. The highest BCUT2D eigenvalue weighted by Crippen LogP contribution is 2.20. The Morgan fingerprint density at radius 3 is 2.89 bits per heavy atom. The summed E-state index contributed by atoms with van der Waals surface area (Å²) in [6.07, 6.45) is 0. The average molecular weight is 251 g/mol. The molecule has 98 valence electrons. The maximum Gasteiger partial charge on any atom is 0.282 e. The predicted molar refractivity (Wildman–Crippen MR) is 70.2 cm³/mol. The summed E-state index contributed by atoms with van der Waals surface area (Å²) in [5.74, 6) is -0.233. The molecule has 0 fully saturated rings. The van der Waals surface area contributed by atoms with Gasteiger partial charge in [-0.1, -0.05) is 6.07 Å². The van der Waals surface area contributed by atoms with Crippen molar-refractivity contribution < 1.29 is 9.13 Å². The first-order chi connectivity index (χ1) is 8.56. The Morgan fingerprint density at radius 1 is 1.56 bits per heavy atom. The first-order valence-corrected chi connectivity index (χ1v) is 6.04. The highest BCUT2D eigenvalue weighted by molar-refractivity contribution is 5.73. The third-order valence-corrected chi connectivity index (χ3v) is 2.90. The van der Waals surface area contributed by atoms with E-state index in [2.05, 4.69) is 23.7 Å². The highest BCUT2D eigenvalue weighted by atomic mass is 19.1. The Labute approximate surface area is 106 Å². The SMILES string of the molecule is CC(C)N(C[C@H]1COC(N)=N1)c1cccc(F)c1. The second-order valence-electron chi connectivity index (χ2n) is 4.66. The molecular formula is C13H18FN3O. The van der Waals surface area contributed by atoms with Gasteiger partial charge >= 0.3 is 0 Å². The van der Waals surface area contributed by atoms with Crippen molar-refractivity contribution in [2.24, 2.45) is 10.7 Å². The molecule has 0 spiro atoms. The number of aliphatic imine (C=N–C) groups is 1. The third kappa shape index (κ3) is 2.91. The molecule has 0 aromatic heterocycles. The lowest BCUT2D eigenvalue weighted by Gasteiger charge is -2.30. The number of amidine groups is 1. The molecule has 0 radical (unpaired) electrons. The smallest absolute Gasteiger partial charge is 0.282 e. The number of nitrogens with two attached hydrogens (primary N) is 1. The molecule has 1 aromatic carbocycles. The largest absolute Gasteiger partial charge is 0.463 e. The van der Waals surface area contributed by atoms with Crippen molar-refractivity contribution in [1.29, 1.82) is 0 Å². The molecule has 1 aliphatic heterocycles. The van der Waals surface area contributed by atoms with E-state index in [9.17, 15) is 4.39 Å². The van der Waals surface area contributed by atoms with Gasteiger partial charge in [0, 0.05) is 18.3 Å². The van der Waals surface area contributed by atoms with Crippen molar-refractivity contribution in [3.63, 3.8) is 0 Å². The predicted octanol–water partition coefficient (Wildman–Crippen LogP) is 1.75. The summed E-state index contributed by atoms with van der Waals surface area (Å²) in [4.78, 5) is 6.29. The minimum atomic E-state index is -0.233. The minimum Gasteiger partial charge on any atom is -0.463 e. The Hall–Kier alpha value is -1.78. The Morgan fingerprint density at radius 2 is 2.33 bits per heavy atom. The number of nitrogens with zero attached hydrogens (tertiary/aromatic N) is 2. The van der Waals surface area contributed by atoms with Crippen molar-refractivity contribution in [1.82, 2.24) is 0 Å². The molecule has 0 aliphatic carbocycles.